The maximum Gasteiger partial charge on any atom is 0.162 e. The monoisotopic (exact) mass is 886 g/mol. The third-order valence-electron chi connectivity index (χ3n) is 10.6. The van der Waals surface area contributed by atoms with E-state index in [0.717, 1.165) is 75.0 Å². The van der Waals surface area contributed by atoms with Crippen molar-refractivity contribution in [3.8, 4) is 45.5 Å². The summed E-state index contributed by atoms with van der Waals surface area (Å²) in [4.78, 5) is 13.7. The van der Waals surface area contributed by atoms with Crippen LogP contribution < -0.4 is 18.9 Å². The minimum absolute atomic E-state index is 0.575. The highest BCUT2D eigenvalue weighted by molar-refractivity contribution is 5.68. The number of benzene rings is 4. The number of ether oxygens (including phenoxy) is 4. The van der Waals surface area contributed by atoms with Crippen LogP contribution >= 0.6 is 0 Å². The van der Waals surface area contributed by atoms with Crippen molar-refractivity contribution in [3.05, 3.63) is 168 Å². The van der Waals surface area contributed by atoms with Crippen molar-refractivity contribution in [2.45, 2.75) is 39.5 Å². The Morgan fingerprint density at radius 2 is 0.985 bits per heavy atom. The zero-order chi connectivity index (χ0) is 46.1. The average Bonchev–Trinajstić information content (AvgIpc) is 3.97. The Morgan fingerprint density at radius 1 is 0.530 bits per heavy atom. The second kappa shape index (κ2) is 23.8. The van der Waals surface area contributed by atoms with Crippen molar-refractivity contribution in [2.75, 3.05) is 67.7 Å². The van der Waals surface area contributed by atoms with E-state index in [9.17, 15) is 0 Å². The van der Waals surface area contributed by atoms with E-state index in [2.05, 4.69) is 91.3 Å². The molecule has 6 heterocycles. The largest absolute Gasteiger partial charge is 0.486 e. The number of unbranched alkanes of at least 4 members (excludes halogenated alkanes) is 1. The van der Waals surface area contributed by atoms with Crippen LogP contribution in [0.15, 0.2) is 146 Å². The fourth-order valence-electron chi connectivity index (χ4n) is 7.24. The van der Waals surface area contributed by atoms with Crippen LogP contribution in [0.25, 0.3) is 33.8 Å². The first-order chi connectivity index (χ1) is 32.3. The molecule has 0 atom stereocenters. The summed E-state index contributed by atoms with van der Waals surface area (Å²) in [6.45, 7) is 8.86. The molecule has 0 saturated heterocycles. The van der Waals surface area contributed by atoms with Crippen LogP contribution in [-0.2, 0) is 12.8 Å². The van der Waals surface area contributed by atoms with Crippen LogP contribution in [0.1, 0.15) is 49.5 Å². The molecule has 0 radical (unpaired) electrons. The standard InChI is InChI=1S/2C21H17N3O2.C6H15N.C6H13N/c2*1-2-5-15(6-3-1)13-20-22-21-8-4-7-17(24(21)23-20)16-9-10-18-19(14-16)26-12-11-25-18;2*1-4-5-6-7(2)3/h2*1-10,14H,11-13H2;4-6H2,1-3H3;4-5H,6H2,1-3H3/b;;;5-4+. The number of aromatic nitrogens is 6. The molecule has 8 aromatic rings. The summed E-state index contributed by atoms with van der Waals surface area (Å²) < 4.78 is 26.4. The van der Waals surface area contributed by atoms with Crippen LogP contribution in [0.2, 0.25) is 0 Å². The van der Waals surface area contributed by atoms with Crippen molar-refractivity contribution in [1.29, 1.82) is 0 Å². The predicted molar refractivity (Wildman–Crippen MR) is 264 cm³/mol. The Bertz CT molecular complexity index is 2590. The molecule has 2 aliphatic heterocycles. The van der Waals surface area contributed by atoms with E-state index in [1.807, 2.05) is 125 Å². The molecular weight excluding hydrogens is 825 g/mol. The Morgan fingerprint density at radius 3 is 1.36 bits per heavy atom. The number of pyridine rings is 2. The summed E-state index contributed by atoms with van der Waals surface area (Å²) >= 11 is 0. The summed E-state index contributed by atoms with van der Waals surface area (Å²) in [6, 6.07) is 44.5. The van der Waals surface area contributed by atoms with Gasteiger partial charge in [0.15, 0.2) is 45.9 Å². The minimum atomic E-state index is 0.575. The molecule has 10 rings (SSSR count). The molecule has 0 saturated carbocycles. The topological polar surface area (TPSA) is 104 Å². The molecule has 342 valence electrons. The summed E-state index contributed by atoms with van der Waals surface area (Å²) in [5, 5.41) is 9.46. The lowest BCUT2D eigenvalue weighted by atomic mass is 10.1. The average molecular weight is 887 g/mol. The van der Waals surface area contributed by atoms with E-state index in [0.29, 0.717) is 39.3 Å². The maximum absolute atomic E-state index is 5.71. The molecule has 0 bridgehead atoms. The number of nitrogens with zero attached hydrogens (tertiary/aromatic N) is 8. The van der Waals surface area contributed by atoms with Crippen molar-refractivity contribution >= 4 is 11.3 Å². The normalized spacial score (nSPS) is 12.6. The van der Waals surface area contributed by atoms with E-state index in [1.54, 1.807) is 0 Å². The van der Waals surface area contributed by atoms with Gasteiger partial charge in [-0.3, -0.25) is 0 Å². The van der Waals surface area contributed by atoms with Gasteiger partial charge in [-0.2, -0.15) is 10.2 Å². The van der Waals surface area contributed by atoms with Crippen LogP contribution in [0.4, 0.5) is 0 Å². The van der Waals surface area contributed by atoms with E-state index in [1.165, 1.54) is 30.5 Å². The third kappa shape index (κ3) is 13.0. The van der Waals surface area contributed by atoms with E-state index in [-0.39, 0.29) is 0 Å². The lowest BCUT2D eigenvalue weighted by molar-refractivity contribution is 0.171. The molecule has 4 aromatic heterocycles. The first-order valence-electron chi connectivity index (χ1n) is 22.8. The molecule has 12 heteroatoms. The van der Waals surface area contributed by atoms with Crippen LogP contribution in [0, 0.1) is 0 Å². The number of likely N-dealkylation sites (N-methyl/N-ethyl adjacent to an activating group) is 1. The van der Waals surface area contributed by atoms with Gasteiger partial charge in [-0.05, 0) is 120 Å². The van der Waals surface area contributed by atoms with Gasteiger partial charge >= 0.3 is 0 Å². The number of fused-ring (bicyclic) bond motifs is 4. The van der Waals surface area contributed by atoms with Crippen LogP contribution in [-0.4, -0.2) is 107 Å². The lowest BCUT2D eigenvalue weighted by Gasteiger charge is -2.19. The van der Waals surface area contributed by atoms with Crippen molar-refractivity contribution in [2.24, 2.45) is 0 Å². The SMILES string of the molecule is C/C=C/CN(C)C.CCCCN(C)C.c1ccc(Cc2nc3cccc(-c4ccc5c(c4)OCCO5)n3n2)cc1.c1ccc(Cc2nc3cccc(-c4ccc5c(c4)OCCO5)n3n2)cc1. The van der Waals surface area contributed by atoms with Gasteiger partial charge in [0, 0.05) is 30.5 Å². The predicted octanol–water partition coefficient (Wildman–Crippen LogP) is 9.99. The van der Waals surface area contributed by atoms with Gasteiger partial charge < -0.3 is 28.7 Å². The van der Waals surface area contributed by atoms with Crippen molar-refractivity contribution in [1.82, 2.24) is 39.0 Å². The quantitative estimate of drug-likeness (QED) is 0.117. The summed E-state index contributed by atoms with van der Waals surface area (Å²) in [5.41, 5.74) is 8.07. The summed E-state index contributed by atoms with van der Waals surface area (Å²) in [5.74, 6) is 4.74. The van der Waals surface area contributed by atoms with Gasteiger partial charge in [0.05, 0.1) is 11.4 Å². The van der Waals surface area contributed by atoms with Gasteiger partial charge in [0.25, 0.3) is 0 Å². The molecule has 0 aliphatic carbocycles. The highest BCUT2D eigenvalue weighted by Crippen LogP contribution is 2.36. The zero-order valence-electron chi connectivity index (χ0n) is 39.1. The zero-order valence-corrected chi connectivity index (χ0v) is 39.1. The molecule has 4 aromatic carbocycles. The molecule has 12 nitrogen and oxygen atoms in total. The maximum atomic E-state index is 5.71. The molecule has 0 unspecified atom stereocenters. The van der Waals surface area contributed by atoms with E-state index >= 15 is 0 Å². The molecule has 66 heavy (non-hydrogen) atoms. The van der Waals surface area contributed by atoms with Crippen molar-refractivity contribution in [3.63, 3.8) is 0 Å². The van der Waals surface area contributed by atoms with E-state index in [4.69, 9.17) is 29.1 Å². The van der Waals surface area contributed by atoms with Gasteiger partial charge in [0.2, 0.25) is 0 Å². The Balaban J connectivity index is 0.000000153. The molecule has 0 N–H and O–H groups in total. The summed E-state index contributed by atoms with van der Waals surface area (Å²) in [7, 11) is 8.32. The number of hydrogen-bond donors (Lipinski definition) is 0. The lowest BCUT2D eigenvalue weighted by Crippen LogP contribution is -2.15. The molecule has 0 fully saturated rings. The highest BCUT2D eigenvalue weighted by Gasteiger charge is 2.17. The van der Waals surface area contributed by atoms with Crippen LogP contribution in [0.5, 0.6) is 23.0 Å². The first-order valence-corrected chi connectivity index (χ1v) is 22.8. The molecule has 0 amide bonds. The van der Waals surface area contributed by atoms with E-state index < -0.39 is 0 Å². The second-order valence-corrected chi connectivity index (χ2v) is 16.4. The number of hydrogen-bond acceptors (Lipinski definition) is 10. The third-order valence-corrected chi connectivity index (χ3v) is 10.6. The number of allylic oxidation sites excluding steroid dienone is 1. The Labute approximate surface area is 389 Å². The van der Waals surface area contributed by atoms with Crippen molar-refractivity contribution < 1.29 is 18.9 Å². The minimum Gasteiger partial charge on any atom is -0.486 e. The molecular formula is C54H62N8O4. The Hall–Kier alpha value is -7.02. The fourth-order valence-corrected chi connectivity index (χ4v) is 7.24. The highest BCUT2D eigenvalue weighted by atomic mass is 16.6. The van der Waals surface area contributed by atoms with Gasteiger partial charge in [-0.15, -0.1) is 0 Å². The Kier molecular flexibility index (Phi) is 16.9. The first kappa shape index (κ1) is 47.0. The van der Waals surface area contributed by atoms with Gasteiger partial charge in [-0.25, -0.2) is 19.0 Å². The number of rotatable bonds is 11. The fraction of sp³-hybridized carbons (Fsp3) is 0.296. The van der Waals surface area contributed by atoms with Crippen LogP contribution in [0.3, 0.4) is 0 Å². The smallest absolute Gasteiger partial charge is 0.162 e. The summed E-state index contributed by atoms with van der Waals surface area (Å²) in [6.07, 6.45) is 8.23. The molecule has 2 aliphatic rings. The second-order valence-electron chi connectivity index (χ2n) is 16.4. The molecule has 0 spiro atoms. The van der Waals surface area contributed by atoms with Gasteiger partial charge in [-0.1, -0.05) is 98.3 Å². The van der Waals surface area contributed by atoms with Gasteiger partial charge in [0.1, 0.15) is 26.4 Å².